The van der Waals surface area contributed by atoms with Gasteiger partial charge in [-0.2, -0.15) is 0 Å². The van der Waals surface area contributed by atoms with Crippen molar-refractivity contribution in [2.24, 2.45) is 11.8 Å². The molecule has 7 rings (SSSR count). The van der Waals surface area contributed by atoms with Gasteiger partial charge in [0.05, 0.1) is 0 Å². The van der Waals surface area contributed by atoms with E-state index in [0.29, 0.717) is 0 Å². The molecule has 178 valence electrons. The summed E-state index contributed by atoms with van der Waals surface area (Å²) >= 11 is -2.27. The van der Waals surface area contributed by atoms with Crippen molar-refractivity contribution in [3.63, 3.8) is 0 Å². The van der Waals surface area contributed by atoms with Gasteiger partial charge in [-0.1, -0.05) is 0 Å². The first kappa shape index (κ1) is 24.9. The molecule has 3 heteroatoms. The minimum absolute atomic E-state index is 0. The summed E-state index contributed by atoms with van der Waals surface area (Å²) in [5.41, 5.74) is 10.4. The maximum atomic E-state index is 2.70. The second-order valence-electron chi connectivity index (χ2n) is 11.5. The predicted octanol–water partition coefficient (Wildman–Crippen LogP) is 3.05. The molecule has 2 aromatic carbocycles. The van der Waals surface area contributed by atoms with E-state index in [4.69, 9.17) is 0 Å². The molecule has 0 nitrogen and oxygen atoms in total. The molecule has 1 saturated heterocycles. The molecule has 1 aliphatic heterocycles. The van der Waals surface area contributed by atoms with Crippen LogP contribution in [0.1, 0.15) is 88.5 Å². The zero-order valence-electron chi connectivity index (χ0n) is 20.1. The summed E-state index contributed by atoms with van der Waals surface area (Å²) in [5, 5.41) is 0. The smallest absolute Gasteiger partial charge is 1.00 e. The molecule has 3 fully saturated rings. The Bertz CT molecular complexity index is 1020. The van der Waals surface area contributed by atoms with Gasteiger partial charge in [0.25, 0.3) is 0 Å². The first-order chi connectivity index (χ1) is 15.9. The maximum Gasteiger partial charge on any atom is -1.00 e. The molecule has 2 atom stereocenters. The molecule has 5 aliphatic rings. The van der Waals surface area contributed by atoms with Gasteiger partial charge in [-0.25, -0.2) is 0 Å². The van der Waals surface area contributed by atoms with Gasteiger partial charge in [-0.15, -0.1) is 0 Å². The minimum atomic E-state index is -2.27. The largest absolute Gasteiger partial charge is 1.00 e. The Morgan fingerprint density at radius 2 is 0.941 bits per heavy atom. The van der Waals surface area contributed by atoms with Crippen molar-refractivity contribution in [1.82, 2.24) is 0 Å². The monoisotopic (exact) mass is 526 g/mol. The van der Waals surface area contributed by atoms with E-state index in [1.54, 1.807) is 31.7 Å². The molecule has 2 unspecified atom stereocenters. The number of rotatable bonds is 4. The van der Waals surface area contributed by atoms with Crippen LogP contribution < -0.4 is 24.8 Å². The summed E-state index contributed by atoms with van der Waals surface area (Å²) < 4.78 is 4.83. The normalized spacial score (nSPS) is 26.2. The van der Waals surface area contributed by atoms with Gasteiger partial charge in [0, 0.05) is 0 Å². The molecule has 2 saturated carbocycles. The summed E-state index contributed by atoms with van der Waals surface area (Å²) in [7, 11) is 0. The summed E-state index contributed by atoms with van der Waals surface area (Å²) in [4.78, 5) is 0. The van der Waals surface area contributed by atoms with E-state index in [1.807, 2.05) is 11.1 Å². The van der Waals surface area contributed by atoms with Crippen molar-refractivity contribution >= 4 is 12.2 Å². The third-order valence-electron chi connectivity index (χ3n) is 10.0. The van der Waals surface area contributed by atoms with Crippen LogP contribution in [0, 0.1) is 11.8 Å². The number of halogens is 2. The third kappa shape index (κ3) is 3.75. The topological polar surface area (TPSA) is 0 Å². The Labute approximate surface area is 221 Å². The fourth-order valence-electron chi connectivity index (χ4n) is 8.53. The number of fused-ring (bicyclic) bond motifs is 2. The molecular weight excluding hydrogens is 491 g/mol. The van der Waals surface area contributed by atoms with Crippen LogP contribution in [-0.4, -0.2) is 0 Å². The molecule has 0 spiro atoms. The fraction of sp³-hybridized carbons (Fsp3) is 0.484. The number of allylic oxidation sites excluding steroid dienone is 2. The van der Waals surface area contributed by atoms with Crippen LogP contribution in [0.3, 0.4) is 0 Å². The summed E-state index contributed by atoms with van der Waals surface area (Å²) in [5.74, 6) is 1.73. The average molecular weight is 527 g/mol. The molecule has 0 N–H and O–H groups in total. The van der Waals surface area contributed by atoms with Crippen LogP contribution in [0.2, 0.25) is 9.45 Å². The number of hydrogen-bond acceptors (Lipinski definition) is 0. The van der Waals surface area contributed by atoms with E-state index in [0.717, 1.165) is 20.3 Å². The van der Waals surface area contributed by atoms with Crippen molar-refractivity contribution in [3.05, 3.63) is 81.9 Å². The van der Waals surface area contributed by atoms with E-state index in [1.165, 1.54) is 57.8 Å². The Morgan fingerprint density at radius 1 is 0.529 bits per heavy atom. The Morgan fingerprint density at radius 3 is 1.32 bits per heavy atom. The maximum absolute atomic E-state index is 2.70. The Balaban J connectivity index is 0.00000120. The number of benzene rings is 2. The van der Waals surface area contributed by atoms with Crippen LogP contribution in [-0.2, 0) is 16.6 Å². The first-order valence-electron chi connectivity index (χ1n) is 13.5. The Kier molecular flexibility index (Phi) is 7.27. The Hall–Kier alpha value is -0.786. The van der Waals surface area contributed by atoms with E-state index >= 15 is 0 Å². The molecule has 0 aromatic heterocycles. The molecule has 0 amide bonds. The molecule has 0 bridgehead atoms. The van der Waals surface area contributed by atoms with Crippen molar-refractivity contribution in [1.29, 1.82) is 0 Å². The van der Waals surface area contributed by atoms with Gasteiger partial charge in [0.1, 0.15) is 0 Å². The molecule has 1 heterocycles. The predicted molar refractivity (Wildman–Crippen MR) is 132 cm³/mol. The van der Waals surface area contributed by atoms with Crippen molar-refractivity contribution in [3.8, 4) is 0 Å². The molecule has 34 heavy (non-hydrogen) atoms. The molecule has 4 aliphatic carbocycles. The van der Waals surface area contributed by atoms with Crippen LogP contribution in [0.15, 0.2) is 59.7 Å². The fourth-order valence-corrected chi connectivity index (χ4v) is 18.5. The van der Waals surface area contributed by atoms with E-state index in [2.05, 4.69) is 60.7 Å². The SMILES string of the molecule is C1=C(C2CCCC2)[CH]([Ti+2]2([CH]3C(C4CCCC4)=Cc4ccccc43)[CH2]C[CH2]2)c2ccccc21.[Cl-].[Cl-]. The van der Waals surface area contributed by atoms with Gasteiger partial charge < -0.3 is 24.8 Å². The van der Waals surface area contributed by atoms with E-state index < -0.39 is 16.6 Å². The van der Waals surface area contributed by atoms with Gasteiger partial charge in [0.15, 0.2) is 0 Å². The van der Waals surface area contributed by atoms with Crippen LogP contribution in [0.5, 0.6) is 0 Å². The van der Waals surface area contributed by atoms with Gasteiger partial charge in [0.2, 0.25) is 0 Å². The molecular formula is C31H36Cl2Ti. The summed E-state index contributed by atoms with van der Waals surface area (Å²) in [6.45, 7) is 0. The van der Waals surface area contributed by atoms with Crippen LogP contribution in [0.25, 0.3) is 12.2 Å². The third-order valence-corrected chi connectivity index (χ3v) is 19.6. The van der Waals surface area contributed by atoms with Crippen molar-refractivity contribution in [2.45, 2.75) is 75.7 Å². The quantitative estimate of drug-likeness (QED) is 0.537. The molecule has 0 radical (unpaired) electrons. The van der Waals surface area contributed by atoms with E-state index in [9.17, 15) is 0 Å². The van der Waals surface area contributed by atoms with Crippen LogP contribution >= 0.6 is 0 Å². The van der Waals surface area contributed by atoms with Crippen molar-refractivity contribution in [2.75, 3.05) is 0 Å². The average Bonchev–Trinajstić information content (AvgIpc) is 3.58. The molecule has 2 aromatic rings. The standard InChI is InChI=1S/2C14H15.C3H6.2ClH.Ti/c2*1-2-6-11(5-1)14-9-12-7-3-4-8-13(12)10-14;1-3-2;;;/h2*3-4,7-11H,1-2,5-6H2;1-3H2;2*1H;/q;;;;;+2/p-2. The summed E-state index contributed by atoms with van der Waals surface area (Å²) in [6.07, 6.45) is 18.5. The first-order valence-corrected chi connectivity index (χ1v) is 17.5. The van der Waals surface area contributed by atoms with Gasteiger partial charge in [-0.05, 0) is 0 Å². The second kappa shape index (κ2) is 9.93. The van der Waals surface area contributed by atoms with E-state index in [-0.39, 0.29) is 24.8 Å². The number of hydrogen-bond donors (Lipinski definition) is 0. The van der Waals surface area contributed by atoms with Gasteiger partial charge in [-0.3, -0.25) is 0 Å². The van der Waals surface area contributed by atoms with Crippen molar-refractivity contribution < 1.29 is 41.4 Å². The summed E-state index contributed by atoms with van der Waals surface area (Å²) in [6, 6.07) is 19.1. The zero-order valence-corrected chi connectivity index (χ0v) is 23.2. The zero-order chi connectivity index (χ0) is 21.1. The second-order valence-corrected chi connectivity index (χ2v) is 18.7. The minimum Gasteiger partial charge on any atom is -1.00 e. The van der Waals surface area contributed by atoms with Gasteiger partial charge >= 0.3 is 198 Å². The van der Waals surface area contributed by atoms with Crippen LogP contribution in [0.4, 0.5) is 0 Å².